The van der Waals surface area contributed by atoms with E-state index in [1.165, 1.54) is 12.0 Å². The molecule has 2 atom stereocenters. The number of halogens is 1. The van der Waals surface area contributed by atoms with Crippen molar-refractivity contribution < 1.29 is 0 Å². The lowest BCUT2D eigenvalue weighted by Gasteiger charge is -2.15. The van der Waals surface area contributed by atoms with Crippen molar-refractivity contribution in [3.05, 3.63) is 34.9 Å². The topological polar surface area (TPSA) is 26.0 Å². The Bertz CT molecular complexity index is 337. The molecule has 1 fully saturated rings. The minimum absolute atomic E-state index is 0.333. The van der Waals surface area contributed by atoms with Crippen LogP contribution in [0.4, 0.5) is 0 Å². The molecule has 0 amide bonds. The van der Waals surface area contributed by atoms with Crippen LogP contribution in [0.3, 0.4) is 0 Å². The fourth-order valence-electron chi connectivity index (χ4n) is 2.48. The molecule has 0 radical (unpaired) electrons. The molecule has 0 spiro atoms. The summed E-state index contributed by atoms with van der Waals surface area (Å²) < 4.78 is 0. The van der Waals surface area contributed by atoms with Crippen LogP contribution in [0.15, 0.2) is 24.3 Å². The molecule has 1 nitrogen and oxygen atoms in total. The molecule has 2 unspecified atom stereocenters. The summed E-state index contributed by atoms with van der Waals surface area (Å²) in [4.78, 5) is 0. The second-order valence-electron chi connectivity index (χ2n) is 4.16. The lowest BCUT2D eigenvalue weighted by molar-refractivity contribution is 0.587. The van der Waals surface area contributed by atoms with E-state index in [1.54, 1.807) is 0 Å². The predicted octanol–water partition coefficient (Wildman–Crippen LogP) is 2.97. The molecule has 1 aliphatic rings. The van der Waals surface area contributed by atoms with Gasteiger partial charge in [-0.1, -0.05) is 30.7 Å². The van der Waals surface area contributed by atoms with Crippen LogP contribution in [0.5, 0.6) is 0 Å². The Labute approximate surface area is 90.3 Å². The Morgan fingerprint density at radius 3 is 2.86 bits per heavy atom. The first-order valence-corrected chi connectivity index (χ1v) is 5.57. The number of hydrogen-bond donors (Lipinski definition) is 1. The highest BCUT2D eigenvalue weighted by Crippen LogP contribution is 2.56. The third-order valence-corrected chi connectivity index (χ3v) is 3.78. The quantitative estimate of drug-likeness (QED) is 0.814. The Morgan fingerprint density at radius 2 is 2.36 bits per heavy atom. The molecule has 14 heavy (non-hydrogen) atoms. The number of nitrogens with two attached hydrogens (primary N) is 1. The predicted molar refractivity (Wildman–Crippen MR) is 60.6 cm³/mol. The molecule has 1 aromatic rings. The lowest BCUT2D eigenvalue weighted by Crippen LogP contribution is -2.14. The maximum absolute atomic E-state index is 6.00. The van der Waals surface area contributed by atoms with Crippen molar-refractivity contribution >= 4 is 11.6 Å². The van der Waals surface area contributed by atoms with Gasteiger partial charge in [-0.05, 0) is 48.4 Å². The fraction of sp³-hybridized carbons (Fsp3) is 0.500. The second kappa shape index (κ2) is 3.56. The Balaban J connectivity index is 2.30. The summed E-state index contributed by atoms with van der Waals surface area (Å²) in [6, 6.07) is 8.21. The molecule has 1 saturated carbocycles. The largest absolute Gasteiger partial charge is 0.330 e. The first kappa shape index (κ1) is 10.0. The number of benzene rings is 1. The molecule has 2 rings (SSSR count). The molecule has 0 aliphatic heterocycles. The molecule has 2 heteroatoms. The summed E-state index contributed by atoms with van der Waals surface area (Å²) in [7, 11) is 0. The number of hydrogen-bond acceptors (Lipinski definition) is 1. The van der Waals surface area contributed by atoms with Gasteiger partial charge in [0.05, 0.1) is 0 Å². The van der Waals surface area contributed by atoms with Crippen LogP contribution in [0, 0.1) is 5.92 Å². The van der Waals surface area contributed by atoms with Crippen molar-refractivity contribution in [3.63, 3.8) is 0 Å². The maximum atomic E-state index is 6.00. The van der Waals surface area contributed by atoms with Crippen LogP contribution in [-0.4, -0.2) is 6.54 Å². The average Bonchev–Trinajstić information content (AvgIpc) is 2.93. The van der Waals surface area contributed by atoms with E-state index < -0.39 is 0 Å². The molecular formula is C12H16ClN. The van der Waals surface area contributed by atoms with Gasteiger partial charge in [0.1, 0.15) is 0 Å². The maximum Gasteiger partial charge on any atom is 0.0408 e. The van der Waals surface area contributed by atoms with E-state index in [1.807, 2.05) is 12.1 Å². The van der Waals surface area contributed by atoms with Crippen molar-refractivity contribution in [2.45, 2.75) is 25.2 Å². The van der Waals surface area contributed by atoms with E-state index >= 15 is 0 Å². The van der Waals surface area contributed by atoms with E-state index in [-0.39, 0.29) is 0 Å². The van der Waals surface area contributed by atoms with Crippen LogP contribution in [0.25, 0.3) is 0 Å². The average molecular weight is 210 g/mol. The van der Waals surface area contributed by atoms with Crippen molar-refractivity contribution in [3.8, 4) is 0 Å². The van der Waals surface area contributed by atoms with Gasteiger partial charge in [-0.3, -0.25) is 0 Å². The van der Waals surface area contributed by atoms with E-state index in [0.29, 0.717) is 11.3 Å². The van der Waals surface area contributed by atoms with Crippen LogP contribution in [-0.2, 0) is 5.41 Å². The summed E-state index contributed by atoms with van der Waals surface area (Å²) in [6.45, 7) is 3.02. The molecule has 0 saturated heterocycles. The van der Waals surface area contributed by atoms with Crippen LogP contribution >= 0.6 is 11.6 Å². The summed E-state index contributed by atoms with van der Waals surface area (Å²) >= 11 is 6.00. The zero-order valence-corrected chi connectivity index (χ0v) is 9.22. The third-order valence-electron chi connectivity index (χ3n) is 3.55. The molecular weight excluding hydrogens is 194 g/mol. The second-order valence-corrected chi connectivity index (χ2v) is 4.59. The minimum atomic E-state index is 0.333. The summed E-state index contributed by atoms with van der Waals surface area (Å²) in [5, 5.41) is 0.831. The van der Waals surface area contributed by atoms with Gasteiger partial charge >= 0.3 is 0 Å². The first-order chi connectivity index (χ1) is 6.73. The van der Waals surface area contributed by atoms with Gasteiger partial charge in [0.15, 0.2) is 0 Å². The van der Waals surface area contributed by atoms with Crippen LogP contribution in [0.2, 0.25) is 5.02 Å². The van der Waals surface area contributed by atoms with Gasteiger partial charge in [-0.15, -0.1) is 0 Å². The van der Waals surface area contributed by atoms with Crippen molar-refractivity contribution in [1.29, 1.82) is 0 Å². The van der Waals surface area contributed by atoms with E-state index in [4.69, 9.17) is 17.3 Å². The fourth-order valence-corrected chi connectivity index (χ4v) is 2.67. The zero-order valence-electron chi connectivity index (χ0n) is 8.46. The van der Waals surface area contributed by atoms with Crippen molar-refractivity contribution in [2.24, 2.45) is 11.7 Å². The van der Waals surface area contributed by atoms with Crippen molar-refractivity contribution in [1.82, 2.24) is 0 Å². The normalized spacial score (nSPS) is 30.4. The zero-order chi connectivity index (χ0) is 10.2. The SMILES string of the molecule is CCC1(c2cccc(Cl)c2)CC1CN. The standard InChI is InChI=1S/C12H16ClN/c1-2-12(7-10(12)8-14)9-4-3-5-11(13)6-9/h3-6,10H,2,7-8,14H2,1H3. The van der Waals surface area contributed by atoms with Gasteiger partial charge in [-0.2, -0.15) is 0 Å². The molecule has 0 bridgehead atoms. The Kier molecular flexibility index (Phi) is 2.54. The summed E-state index contributed by atoms with van der Waals surface area (Å²) in [5.41, 5.74) is 7.42. The van der Waals surface area contributed by atoms with E-state index in [2.05, 4.69) is 19.1 Å². The lowest BCUT2D eigenvalue weighted by atomic mass is 9.90. The van der Waals surface area contributed by atoms with Gasteiger partial charge in [0.2, 0.25) is 0 Å². The highest BCUT2D eigenvalue weighted by Gasteiger charge is 2.52. The van der Waals surface area contributed by atoms with Gasteiger partial charge in [0, 0.05) is 5.02 Å². The van der Waals surface area contributed by atoms with Crippen LogP contribution in [0.1, 0.15) is 25.3 Å². The molecule has 0 aromatic heterocycles. The Morgan fingerprint density at radius 1 is 1.57 bits per heavy atom. The highest BCUT2D eigenvalue weighted by molar-refractivity contribution is 6.30. The molecule has 76 valence electrons. The number of rotatable bonds is 3. The Hall–Kier alpha value is -0.530. The van der Waals surface area contributed by atoms with Crippen molar-refractivity contribution in [2.75, 3.05) is 6.54 Å². The van der Waals surface area contributed by atoms with Crippen LogP contribution < -0.4 is 5.73 Å². The minimum Gasteiger partial charge on any atom is -0.330 e. The molecule has 2 N–H and O–H groups in total. The molecule has 0 heterocycles. The monoisotopic (exact) mass is 209 g/mol. The third kappa shape index (κ3) is 1.45. The van der Waals surface area contributed by atoms with E-state index in [9.17, 15) is 0 Å². The van der Waals surface area contributed by atoms with Gasteiger partial charge in [-0.25, -0.2) is 0 Å². The smallest absolute Gasteiger partial charge is 0.0408 e. The first-order valence-electron chi connectivity index (χ1n) is 5.19. The summed E-state index contributed by atoms with van der Waals surface area (Å²) in [5.74, 6) is 0.658. The van der Waals surface area contributed by atoms with E-state index in [0.717, 1.165) is 18.0 Å². The summed E-state index contributed by atoms with van der Waals surface area (Å²) in [6.07, 6.45) is 2.38. The molecule has 1 aliphatic carbocycles. The van der Waals surface area contributed by atoms with Gasteiger partial charge < -0.3 is 5.73 Å². The molecule has 1 aromatic carbocycles. The van der Waals surface area contributed by atoms with Gasteiger partial charge in [0.25, 0.3) is 0 Å². The highest BCUT2D eigenvalue weighted by atomic mass is 35.5.